The van der Waals surface area contributed by atoms with Gasteiger partial charge in [0.15, 0.2) is 6.10 Å². The number of hydrogen-bond donors (Lipinski definition) is 3. The molecule has 3 amide bonds. The number of amides is 3. The number of rotatable bonds is 16. The number of unbranched alkanes of at least 4 members (excludes halogenated alkanes) is 2. The highest BCUT2D eigenvalue weighted by Crippen LogP contribution is 2.47. The summed E-state index contributed by atoms with van der Waals surface area (Å²) in [5.41, 5.74) is -2.47. The lowest BCUT2D eigenvalue weighted by molar-refractivity contribution is -0.152. The zero-order chi connectivity index (χ0) is 33.8. The summed E-state index contributed by atoms with van der Waals surface area (Å²) in [6.07, 6.45) is 3.19. The molecule has 14 heteroatoms. The number of likely N-dealkylation sites (tertiary alicyclic amines) is 1. The van der Waals surface area contributed by atoms with Crippen LogP contribution in [-0.2, 0) is 38.6 Å². The van der Waals surface area contributed by atoms with Crippen molar-refractivity contribution in [3.63, 3.8) is 0 Å². The second-order valence-electron chi connectivity index (χ2n) is 13.6. The Bertz CT molecular complexity index is 1260. The Hall–Kier alpha value is -2.97. The normalized spacial score (nSPS) is 26.6. The molecule has 2 saturated carbocycles. The summed E-state index contributed by atoms with van der Waals surface area (Å²) in [5.74, 6) is -3.48. The summed E-state index contributed by atoms with van der Waals surface area (Å²) >= 11 is 0. The lowest BCUT2D eigenvalue weighted by atomic mass is 9.94. The lowest BCUT2D eigenvalue weighted by Crippen LogP contribution is -2.58. The molecule has 3 aliphatic rings. The van der Waals surface area contributed by atoms with E-state index in [1.54, 1.807) is 33.8 Å². The van der Waals surface area contributed by atoms with E-state index in [0.717, 1.165) is 17.7 Å². The van der Waals surface area contributed by atoms with Crippen molar-refractivity contribution in [2.75, 3.05) is 20.3 Å². The number of β-amino-alcohol motifs (C(OH)–C–C–N with tert-alkyl or cyclic N) is 1. The Morgan fingerprint density at radius 2 is 1.82 bits per heavy atom. The van der Waals surface area contributed by atoms with Crippen LogP contribution in [0.2, 0.25) is 0 Å². The van der Waals surface area contributed by atoms with Crippen LogP contribution in [0.5, 0.6) is 0 Å². The van der Waals surface area contributed by atoms with E-state index in [2.05, 4.69) is 23.2 Å². The molecule has 3 rings (SSSR count). The average Bonchev–Trinajstić information content (AvgIpc) is 3.83. The van der Waals surface area contributed by atoms with Crippen molar-refractivity contribution in [1.29, 1.82) is 0 Å². The minimum absolute atomic E-state index is 0.0677. The molecule has 1 aliphatic heterocycles. The summed E-state index contributed by atoms with van der Waals surface area (Å²) in [4.78, 5) is 55.1. The third-order valence-electron chi connectivity index (χ3n) is 8.64. The maximum Gasteiger partial charge on any atom is 0.509 e. The average molecular weight is 656 g/mol. The number of methoxy groups -OCH3 is 1. The molecule has 0 aromatic rings. The summed E-state index contributed by atoms with van der Waals surface area (Å²) in [5, 5.41) is 13.2. The predicted octanol–water partition coefficient (Wildman–Crippen LogP) is 2.34. The van der Waals surface area contributed by atoms with E-state index in [1.807, 2.05) is 0 Å². The fourth-order valence-corrected chi connectivity index (χ4v) is 6.86. The van der Waals surface area contributed by atoms with Crippen molar-refractivity contribution in [3.8, 4) is 0 Å². The fourth-order valence-electron chi connectivity index (χ4n) is 5.54. The zero-order valence-corrected chi connectivity index (χ0v) is 27.8. The van der Waals surface area contributed by atoms with Gasteiger partial charge in [-0.05, 0) is 66.2 Å². The first kappa shape index (κ1) is 36.5. The lowest BCUT2D eigenvalue weighted by Gasteiger charge is -2.33. The van der Waals surface area contributed by atoms with E-state index in [1.165, 1.54) is 13.2 Å². The van der Waals surface area contributed by atoms with Gasteiger partial charge in [-0.3, -0.25) is 19.1 Å². The molecule has 45 heavy (non-hydrogen) atoms. The number of carbonyl (C=O) groups is 4. The van der Waals surface area contributed by atoms with Gasteiger partial charge in [0, 0.05) is 31.9 Å². The van der Waals surface area contributed by atoms with Crippen LogP contribution in [0.1, 0.15) is 79.1 Å². The number of nitrogens with zero attached hydrogens (tertiary/aromatic N) is 1. The topological polar surface area (TPSA) is 178 Å². The van der Waals surface area contributed by atoms with Crippen LogP contribution in [0.4, 0.5) is 4.79 Å². The fraction of sp³-hybridized carbons (Fsp3) is 0.742. The van der Waals surface area contributed by atoms with Gasteiger partial charge in [0.05, 0.1) is 17.5 Å². The Morgan fingerprint density at radius 3 is 2.36 bits per heavy atom. The maximum absolute atomic E-state index is 14.1. The van der Waals surface area contributed by atoms with Gasteiger partial charge in [0.2, 0.25) is 15.9 Å². The highest BCUT2D eigenvalue weighted by molar-refractivity contribution is 7.91. The van der Waals surface area contributed by atoms with Crippen molar-refractivity contribution in [2.24, 2.45) is 11.8 Å². The van der Waals surface area contributed by atoms with Crippen molar-refractivity contribution >= 4 is 33.9 Å². The van der Waals surface area contributed by atoms with Gasteiger partial charge in [0.25, 0.3) is 11.8 Å². The van der Waals surface area contributed by atoms with E-state index < -0.39 is 79.9 Å². The Labute approximate surface area is 266 Å². The molecule has 6 atom stereocenters. The first-order chi connectivity index (χ1) is 20.9. The molecule has 3 N–H and O–H groups in total. The van der Waals surface area contributed by atoms with Crippen LogP contribution < -0.4 is 10.0 Å². The number of allylic oxidation sites excluding steroid dienone is 1. The molecule has 3 fully saturated rings. The minimum atomic E-state index is -3.98. The van der Waals surface area contributed by atoms with Gasteiger partial charge in [-0.25, -0.2) is 13.2 Å². The number of nitrogens with one attached hydrogen (secondary N) is 2. The molecular formula is C31H49N3O10S. The molecule has 254 valence electrons. The van der Waals surface area contributed by atoms with Crippen molar-refractivity contribution in [3.05, 3.63) is 25.3 Å². The third kappa shape index (κ3) is 8.85. The van der Waals surface area contributed by atoms with Crippen molar-refractivity contribution < 1.29 is 46.9 Å². The minimum Gasteiger partial charge on any atom is -0.429 e. The number of aliphatic hydroxyl groups excluding tert-OH is 1. The largest absolute Gasteiger partial charge is 0.509 e. The van der Waals surface area contributed by atoms with Crippen LogP contribution in [-0.4, -0.2) is 96.7 Å². The van der Waals surface area contributed by atoms with E-state index in [-0.39, 0.29) is 26.0 Å². The van der Waals surface area contributed by atoms with Gasteiger partial charge in [-0.2, -0.15) is 0 Å². The first-order valence-electron chi connectivity index (χ1n) is 15.4. The molecule has 13 nitrogen and oxygen atoms in total. The summed E-state index contributed by atoms with van der Waals surface area (Å²) in [7, 11) is -2.52. The van der Waals surface area contributed by atoms with Crippen molar-refractivity contribution in [1.82, 2.24) is 14.9 Å². The summed E-state index contributed by atoms with van der Waals surface area (Å²) in [6.45, 7) is 13.8. The van der Waals surface area contributed by atoms with Gasteiger partial charge in [0.1, 0.15) is 17.2 Å². The molecule has 0 spiro atoms. The molecule has 1 saturated heterocycles. The van der Waals surface area contributed by atoms with Crippen LogP contribution in [0.3, 0.4) is 0 Å². The van der Waals surface area contributed by atoms with Gasteiger partial charge >= 0.3 is 6.16 Å². The SMILES string of the molecule is C=CCCCC[C@@H](COC)[C@H](OC(=O)OC(C)(C)C)C(=O)N1C[C@H](O)C[C@H]1C(=O)N[C@]1(C(=O)NS(=O)(=O)C2(C)CC2)C[C@H]1C=C. The molecule has 0 aromatic carbocycles. The Kier molecular flexibility index (Phi) is 11.5. The van der Waals surface area contributed by atoms with Gasteiger partial charge < -0.3 is 29.5 Å². The smallest absolute Gasteiger partial charge is 0.429 e. The Balaban J connectivity index is 1.85. The zero-order valence-electron chi connectivity index (χ0n) is 27.0. The standard InChI is InChI=1S/C31H49N3O10S/c1-8-10-11-12-13-20(19-42-7)24(43-28(39)44-29(3,4)5)26(37)34-18-22(35)16-23(34)25(36)32-31(17-21(31)9-2)27(38)33-45(40,41)30(6)14-15-30/h8-9,20-24,35H,1-2,10-19H2,3-7H3,(H,32,36)(H,33,38)/t20-,21+,22+,23-,24-,31+/m0/s1. The highest BCUT2D eigenvalue weighted by Gasteiger charge is 2.63. The van der Waals surface area contributed by atoms with Crippen molar-refractivity contribution in [2.45, 2.75) is 113 Å². The summed E-state index contributed by atoms with van der Waals surface area (Å²) < 4.78 is 42.9. The van der Waals surface area contributed by atoms with E-state index in [9.17, 15) is 32.7 Å². The van der Waals surface area contributed by atoms with E-state index in [4.69, 9.17) is 14.2 Å². The second kappa shape index (κ2) is 14.2. The van der Waals surface area contributed by atoms with Crippen LogP contribution >= 0.6 is 0 Å². The number of ether oxygens (including phenoxy) is 3. The predicted molar refractivity (Wildman–Crippen MR) is 165 cm³/mol. The quantitative estimate of drug-likeness (QED) is 0.127. The number of carbonyl (C=O) groups excluding carboxylic acids is 4. The molecule has 0 aromatic heterocycles. The van der Waals surface area contributed by atoms with E-state index >= 15 is 0 Å². The number of sulfonamides is 1. The summed E-state index contributed by atoms with van der Waals surface area (Å²) in [6, 6.07) is -1.23. The maximum atomic E-state index is 14.1. The first-order valence-corrected chi connectivity index (χ1v) is 16.9. The molecule has 0 unspecified atom stereocenters. The second-order valence-corrected chi connectivity index (χ2v) is 15.8. The van der Waals surface area contributed by atoms with Crippen LogP contribution in [0.15, 0.2) is 25.3 Å². The monoisotopic (exact) mass is 655 g/mol. The molecule has 0 bridgehead atoms. The highest BCUT2D eigenvalue weighted by atomic mass is 32.2. The molecule has 1 heterocycles. The van der Waals surface area contributed by atoms with Crippen LogP contribution in [0.25, 0.3) is 0 Å². The number of hydrogen-bond acceptors (Lipinski definition) is 10. The van der Waals surface area contributed by atoms with Crippen LogP contribution in [0, 0.1) is 11.8 Å². The molecule has 0 radical (unpaired) electrons. The third-order valence-corrected chi connectivity index (χ3v) is 10.8. The van der Waals surface area contributed by atoms with E-state index in [0.29, 0.717) is 25.7 Å². The molecular weight excluding hydrogens is 606 g/mol. The Morgan fingerprint density at radius 1 is 1.16 bits per heavy atom. The van der Waals surface area contributed by atoms with Gasteiger partial charge in [-0.1, -0.05) is 18.6 Å². The molecule has 2 aliphatic carbocycles. The number of aliphatic hydroxyl groups is 1. The van der Waals surface area contributed by atoms with Gasteiger partial charge in [-0.15, -0.1) is 13.2 Å².